The number of hydrogen-bond donors (Lipinski definition) is 4. The average molecular weight is 490 g/mol. The van der Waals surface area contributed by atoms with E-state index in [1.807, 2.05) is 30.3 Å². The summed E-state index contributed by atoms with van der Waals surface area (Å²) >= 11 is 0. The van der Waals surface area contributed by atoms with Crippen LogP contribution in [-0.4, -0.2) is 85.1 Å². The Bertz CT molecular complexity index is 1480. The number of benzene rings is 1. The Morgan fingerprint density at radius 3 is 2.58 bits per heavy atom. The summed E-state index contributed by atoms with van der Waals surface area (Å²) < 4.78 is 9.40. The largest absolute Gasteiger partial charge is 0.494 e. The van der Waals surface area contributed by atoms with Crippen molar-refractivity contribution >= 4 is 23.4 Å². The number of rotatable bonds is 4. The molecule has 36 heavy (non-hydrogen) atoms. The summed E-state index contributed by atoms with van der Waals surface area (Å²) in [7, 11) is 0. The van der Waals surface area contributed by atoms with Gasteiger partial charge >= 0.3 is 11.6 Å². The van der Waals surface area contributed by atoms with Crippen molar-refractivity contribution in [2.45, 2.75) is 18.9 Å². The molecule has 0 radical (unpaired) electrons. The summed E-state index contributed by atoms with van der Waals surface area (Å²) in [5, 5.41) is 28.4. The van der Waals surface area contributed by atoms with Crippen LogP contribution in [0.15, 0.2) is 42.6 Å². The van der Waals surface area contributed by atoms with E-state index < -0.39 is 0 Å². The number of morpholine rings is 1. The SMILES string of the molecule is Oc1cc(C=c2cnn3c(Nc4ccccc4)nc(=[N+]4CCC(N5CCOCC5)CC4)nc23)c(O)[nH]1. The number of nitrogens with zero attached hydrogens (tertiary/aromatic N) is 6. The summed E-state index contributed by atoms with van der Waals surface area (Å²) in [6.45, 7) is 5.34. The zero-order valence-corrected chi connectivity index (χ0v) is 19.8. The van der Waals surface area contributed by atoms with E-state index in [1.165, 1.54) is 6.07 Å². The zero-order valence-electron chi connectivity index (χ0n) is 19.8. The van der Waals surface area contributed by atoms with E-state index in [0.29, 0.717) is 34.0 Å². The number of para-hydroxylation sites is 1. The van der Waals surface area contributed by atoms with Gasteiger partial charge in [-0.25, -0.2) is 0 Å². The molecule has 0 unspecified atom stereocenters. The molecule has 1 aromatic carbocycles. The Hall–Kier alpha value is -3.96. The van der Waals surface area contributed by atoms with E-state index in [2.05, 4.69) is 24.9 Å². The number of ether oxygens (including phenoxy) is 1. The Labute approximate surface area is 207 Å². The first-order valence-electron chi connectivity index (χ1n) is 12.2. The Kier molecular flexibility index (Phi) is 5.99. The predicted octanol–water partition coefficient (Wildman–Crippen LogP) is 0.422. The molecule has 6 rings (SSSR count). The van der Waals surface area contributed by atoms with Crippen molar-refractivity contribution in [3.8, 4) is 11.8 Å². The number of anilines is 2. The maximum absolute atomic E-state index is 10.1. The van der Waals surface area contributed by atoms with Crippen molar-refractivity contribution in [2.75, 3.05) is 44.7 Å². The molecular weight excluding hydrogens is 460 g/mol. The highest BCUT2D eigenvalue weighted by molar-refractivity contribution is 5.62. The summed E-state index contributed by atoms with van der Waals surface area (Å²) in [4.78, 5) is 14.8. The number of H-pyrrole nitrogens is 1. The van der Waals surface area contributed by atoms with Crippen LogP contribution in [0, 0.1) is 0 Å². The Morgan fingerprint density at radius 2 is 1.86 bits per heavy atom. The first-order valence-corrected chi connectivity index (χ1v) is 12.2. The lowest BCUT2D eigenvalue weighted by Crippen LogP contribution is -2.50. The zero-order chi connectivity index (χ0) is 24.5. The first kappa shape index (κ1) is 22.5. The number of nitrogens with one attached hydrogen (secondary N) is 2. The molecule has 3 aromatic heterocycles. The van der Waals surface area contributed by atoms with Gasteiger partial charge < -0.3 is 20.3 Å². The van der Waals surface area contributed by atoms with Crippen molar-refractivity contribution < 1.29 is 14.9 Å². The molecule has 2 saturated heterocycles. The van der Waals surface area contributed by atoms with Gasteiger partial charge in [0.2, 0.25) is 5.65 Å². The van der Waals surface area contributed by atoms with Gasteiger partial charge in [0.1, 0.15) is 0 Å². The van der Waals surface area contributed by atoms with Crippen LogP contribution in [0.4, 0.5) is 11.6 Å². The van der Waals surface area contributed by atoms with Gasteiger partial charge in [-0.2, -0.15) is 9.61 Å². The first-order chi connectivity index (χ1) is 17.6. The van der Waals surface area contributed by atoms with Crippen LogP contribution in [0.2, 0.25) is 0 Å². The normalized spacial score (nSPS) is 19.7. The fourth-order valence-corrected chi connectivity index (χ4v) is 4.95. The predicted molar refractivity (Wildman–Crippen MR) is 134 cm³/mol. The van der Waals surface area contributed by atoms with Crippen molar-refractivity contribution in [1.82, 2.24) is 34.0 Å². The van der Waals surface area contributed by atoms with Gasteiger partial charge in [0.15, 0.2) is 11.8 Å². The third kappa shape index (κ3) is 4.50. The molecule has 0 atom stereocenters. The van der Waals surface area contributed by atoms with Crippen molar-refractivity contribution in [2.24, 2.45) is 0 Å². The topological polar surface area (TPSA) is 127 Å². The summed E-state index contributed by atoms with van der Waals surface area (Å²) in [5.74, 6) is 0.325. The number of piperidine rings is 1. The van der Waals surface area contributed by atoms with Crippen LogP contribution in [0.25, 0.3) is 11.7 Å². The molecule has 4 N–H and O–H groups in total. The second-order valence-electron chi connectivity index (χ2n) is 9.14. The molecule has 2 aliphatic rings. The second kappa shape index (κ2) is 9.59. The second-order valence-corrected chi connectivity index (χ2v) is 9.14. The lowest BCUT2D eigenvalue weighted by molar-refractivity contribution is 0.00873. The van der Waals surface area contributed by atoms with Gasteiger partial charge in [0.25, 0.3) is 0 Å². The van der Waals surface area contributed by atoms with Gasteiger partial charge in [-0.05, 0) is 41.0 Å². The molecular formula is C25H29N8O3+. The average Bonchev–Trinajstić information content (AvgIpc) is 3.47. The fourth-order valence-electron chi connectivity index (χ4n) is 4.95. The van der Waals surface area contributed by atoms with Gasteiger partial charge in [-0.1, -0.05) is 18.2 Å². The molecule has 4 aromatic rings. The third-order valence-corrected chi connectivity index (χ3v) is 6.85. The quantitative estimate of drug-likeness (QED) is 0.304. The molecule has 186 valence electrons. The molecule has 11 nitrogen and oxygen atoms in total. The van der Waals surface area contributed by atoms with Crippen molar-refractivity contribution in [3.63, 3.8) is 0 Å². The molecule has 0 bridgehead atoms. The minimum absolute atomic E-state index is 0.111. The van der Waals surface area contributed by atoms with Crippen LogP contribution >= 0.6 is 0 Å². The monoisotopic (exact) mass is 489 g/mol. The lowest BCUT2D eigenvalue weighted by atomic mass is 10.0. The molecule has 0 saturated carbocycles. The molecule has 0 spiro atoms. The molecule has 0 amide bonds. The van der Waals surface area contributed by atoms with E-state index in [4.69, 9.17) is 14.7 Å². The number of aromatic amines is 1. The minimum Gasteiger partial charge on any atom is -0.494 e. The van der Waals surface area contributed by atoms with Crippen LogP contribution in [-0.2, 0) is 4.74 Å². The smallest absolute Gasteiger partial charge is 0.434 e. The Morgan fingerprint density at radius 1 is 1.08 bits per heavy atom. The number of fused-ring (bicyclic) bond motifs is 1. The summed E-state index contributed by atoms with van der Waals surface area (Å²) in [5.41, 5.74) is 2.58. The van der Waals surface area contributed by atoms with Crippen molar-refractivity contribution in [1.29, 1.82) is 0 Å². The van der Waals surface area contributed by atoms with Crippen LogP contribution in [0.3, 0.4) is 0 Å². The maximum Gasteiger partial charge on any atom is 0.434 e. The van der Waals surface area contributed by atoms with Gasteiger partial charge in [0, 0.05) is 36.4 Å². The molecule has 0 aliphatic carbocycles. The number of hydrogen-bond acceptors (Lipinski definition) is 8. The molecule has 2 fully saturated rings. The van der Waals surface area contributed by atoms with Crippen LogP contribution in [0.5, 0.6) is 11.8 Å². The highest BCUT2D eigenvalue weighted by atomic mass is 16.5. The van der Waals surface area contributed by atoms with E-state index in [9.17, 15) is 10.2 Å². The third-order valence-electron chi connectivity index (χ3n) is 6.85. The summed E-state index contributed by atoms with van der Waals surface area (Å²) in [6, 6.07) is 11.8. The van der Waals surface area contributed by atoms with E-state index in [0.717, 1.165) is 57.9 Å². The number of aromatic nitrogens is 5. The van der Waals surface area contributed by atoms with Gasteiger partial charge in [-0.15, -0.1) is 0 Å². The fraction of sp³-hybridized carbons (Fsp3) is 0.360. The van der Waals surface area contributed by atoms with Crippen LogP contribution < -0.4 is 20.7 Å². The molecule has 11 heteroatoms. The summed E-state index contributed by atoms with van der Waals surface area (Å²) in [6.07, 6.45) is 5.51. The van der Waals surface area contributed by atoms with E-state index in [1.54, 1.807) is 16.8 Å². The standard InChI is InChI=1S/C25H28N8O3/c34-21-15-17(23(35)28-21)14-18-16-26-33-22(18)29-24(30-25(33)27-19-4-2-1-3-5-19)32-8-6-20(7-9-32)31-10-12-36-13-11-31/h1-5,14-16,20H,6-13H2,(H3,26,27,28,29,30,34,35)/p+1. The number of aromatic hydroxyl groups is 2. The highest BCUT2D eigenvalue weighted by Gasteiger charge is 2.27. The van der Waals surface area contributed by atoms with Gasteiger partial charge in [-0.3, -0.25) is 14.5 Å². The lowest BCUT2D eigenvalue weighted by Gasteiger charge is -2.36. The van der Waals surface area contributed by atoms with Crippen molar-refractivity contribution in [3.05, 3.63) is 59.0 Å². The maximum atomic E-state index is 10.1. The van der Waals surface area contributed by atoms with Crippen LogP contribution in [0.1, 0.15) is 18.4 Å². The van der Waals surface area contributed by atoms with E-state index in [-0.39, 0.29) is 11.8 Å². The molecule has 5 heterocycles. The Balaban J connectivity index is 1.42. The van der Waals surface area contributed by atoms with E-state index >= 15 is 0 Å². The van der Waals surface area contributed by atoms with Gasteiger partial charge in [0.05, 0.1) is 37.7 Å². The molecule has 2 aliphatic heterocycles. The minimum atomic E-state index is -0.117. The highest BCUT2D eigenvalue weighted by Crippen LogP contribution is 2.22.